The summed E-state index contributed by atoms with van der Waals surface area (Å²) in [7, 11) is 1.64. The average molecular weight is 388 g/mol. The van der Waals surface area contributed by atoms with Gasteiger partial charge in [0.15, 0.2) is 5.79 Å². The van der Waals surface area contributed by atoms with Gasteiger partial charge in [0.25, 0.3) is 5.91 Å². The van der Waals surface area contributed by atoms with Gasteiger partial charge < -0.3 is 19.9 Å². The summed E-state index contributed by atoms with van der Waals surface area (Å²) in [5, 5.41) is 12.9. The Morgan fingerprint density at radius 1 is 1.41 bits per heavy atom. The van der Waals surface area contributed by atoms with E-state index in [9.17, 15) is 9.90 Å². The van der Waals surface area contributed by atoms with Gasteiger partial charge in [0, 0.05) is 30.3 Å². The molecule has 2 aromatic rings. The van der Waals surface area contributed by atoms with Gasteiger partial charge in [-0.05, 0) is 55.2 Å². The van der Waals surface area contributed by atoms with Gasteiger partial charge in [0.05, 0.1) is 23.7 Å². The van der Waals surface area contributed by atoms with Gasteiger partial charge in [-0.2, -0.15) is 0 Å². The molecule has 27 heavy (non-hydrogen) atoms. The number of fused-ring (bicyclic) bond motifs is 2. The summed E-state index contributed by atoms with van der Waals surface area (Å²) in [6.07, 6.45) is 1.40. The highest BCUT2D eigenvalue weighted by atomic mass is 32.1. The van der Waals surface area contributed by atoms with E-state index in [1.54, 1.807) is 7.05 Å². The summed E-state index contributed by atoms with van der Waals surface area (Å²) >= 11 is 1.52. The zero-order valence-corrected chi connectivity index (χ0v) is 16.7. The number of hydrogen-bond donors (Lipinski definition) is 2. The number of aliphatic hydroxyl groups is 1. The van der Waals surface area contributed by atoms with Gasteiger partial charge in [0.1, 0.15) is 0 Å². The summed E-state index contributed by atoms with van der Waals surface area (Å²) < 4.78 is 12.3. The molecule has 0 radical (unpaired) electrons. The average Bonchev–Trinajstić information content (AvgIpc) is 3.20. The van der Waals surface area contributed by atoms with Crippen molar-refractivity contribution in [2.45, 2.75) is 57.7 Å². The van der Waals surface area contributed by atoms with E-state index in [1.807, 2.05) is 19.1 Å². The first kappa shape index (κ1) is 18.6. The first-order chi connectivity index (χ1) is 12.9. The number of amides is 1. The summed E-state index contributed by atoms with van der Waals surface area (Å²) in [6, 6.07) is 8.22. The third-order valence-corrected chi connectivity index (χ3v) is 6.49. The standard InChI is InChI=1S/C21H25NO4S/c1-12-6-15-11-25-21(10-16(23)7-13(2)26-21)18(15)9-14(12)8-17-4-5-19(27-17)20(24)22-3/h4-6,9,13,16,23H,7-8,10-11H2,1-3H3,(H,22,24)/t13?,16?,21-/m1/s1. The third-order valence-electron chi connectivity index (χ3n) is 5.41. The SMILES string of the molecule is CNC(=O)c1ccc(Cc2cc3c(cc2C)CO[C@@]32CC(O)CC(C)O2)s1. The van der Waals surface area contributed by atoms with Crippen LogP contribution in [0.1, 0.15) is 56.6 Å². The van der Waals surface area contributed by atoms with E-state index < -0.39 is 11.9 Å². The lowest BCUT2D eigenvalue weighted by atomic mass is 9.89. The van der Waals surface area contributed by atoms with E-state index in [0.29, 0.717) is 19.4 Å². The maximum Gasteiger partial charge on any atom is 0.261 e. The Morgan fingerprint density at radius 2 is 2.22 bits per heavy atom. The lowest BCUT2D eigenvalue weighted by Crippen LogP contribution is -2.43. The molecular formula is C21H25NO4S. The van der Waals surface area contributed by atoms with E-state index in [4.69, 9.17) is 9.47 Å². The molecule has 0 aliphatic carbocycles. The van der Waals surface area contributed by atoms with E-state index in [0.717, 1.165) is 27.3 Å². The molecule has 0 saturated carbocycles. The molecule has 5 nitrogen and oxygen atoms in total. The normalized spacial score (nSPS) is 27.0. The number of aryl methyl sites for hydroxylation is 1. The van der Waals surface area contributed by atoms with Crippen molar-refractivity contribution in [2.24, 2.45) is 0 Å². The number of rotatable bonds is 3. The minimum atomic E-state index is -0.836. The Labute approximate surface area is 163 Å². The molecule has 2 unspecified atom stereocenters. The predicted octanol–water partition coefficient (Wildman–Crippen LogP) is 3.25. The van der Waals surface area contributed by atoms with Crippen LogP contribution in [0.3, 0.4) is 0 Å². The highest BCUT2D eigenvalue weighted by molar-refractivity contribution is 7.14. The zero-order chi connectivity index (χ0) is 19.2. The highest BCUT2D eigenvalue weighted by Gasteiger charge is 2.47. The molecule has 1 aromatic carbocycles. The number of aliphatic hydroxyl groups excluding tert-OH is 1. The van der Waals surface area contributed by atoms with Crippen LogP contribution in [0, 0.1) is 6.92 Å². The van der Waals surface area contributed by atoms with Crippen LogP contribution in [-0.2, 0) is 28.3 Å². The minimum Gasteiger partial charge on any atom is -0.393 e. The van der Waals surface area contributed by atoms with E-state index in [2.05, 4.69) is 24.4 Å². The molecule has 2 aliphatic heterocycles. The van der Waals surface area contributed by atoms with Gasteiger partial charge >= 0.3 is 0 Å². The Morgan fingerprint density at radius 3 is 2.96 bits per heavy atom. The van der Waals surface area contributed by atoms with Crippen LogP contribution in [0.25, 0.3) is 0 Å². The minimum absolute atomic E-state index is 0.0446. The van der Waals surface area contributed by atoms with Crippen LogP contribution < -0.4 is 5.32 Å². The monoisotopic (exact) mass is 387 g/mol. The molecule has 2 N–H and O–H groups in total. The topological polar surface area (TPSA) is 67.8 Å². The lowest BCUT2D eigenvalue weighted by Gasteiger charge is -2.39. The number of benzene rings is 1. The van der Waals surface area contributed by atoms with Crippen LogP contribution >= 0.6 is 11.3 Å². The number of hydrogen-bond acceptors (Lipinski definition) is 5. The fourth-order valence-electron chi connectivity index (χ4n) is 4.12. The summed E-state index contributed by atoms with van der Waals surface area (Å²) in [6.45, 7) is 4.59. The molecule has 144 valence electrons. The van der Waals surface area contributed by atoms with Crippen LogP contribution in [-0.4, -0.2) is 30.3 Å². The molecule has 2 aliphatic rings. The van der Waals surface area contributed by atoms with Gasteiger partial charge in [-0.3, -0.25) is 4.79 Å². The number of carbonyl (C=O) groups is 1. The highest BCUT2D eigenvalue weighted by Crippen LogP contribution is 2.46. The first-order valence-electron chi connectivity index (χ1n) is 9.33. The Bertz CT molecular complexity index is 865. The van der Waals surface area contributed by atoms with E-state index >= 15 is 0 Å². The second-order valence-electron chi connectivity index (χ2n) is 7.52. The molecule has 0 bridgehead atoms. The van der Waals surface area contributed by atoms with Crippen molar-refractivity contribution in [1.82, 2.24) is 5.32 Å². The second kappa shape index (κ2) is 7.02. The van der Waals surface area contributed by atoms with Gasteiger partial charge in [-0.25, -0.2) is 0 Å². The Balaban J connectivity index is 1.65. The molecule has 4 rings (SSSR count). The van der Waals surface area contributed by atoms with Crippen molar-refractivity contribution in [3.63, 3.8) is 0 Å². The fraction of sp³-hybridized carbons (Fsp3) is 0.476. The van der Waals surface area contributed by atoms with Crippen molar-refractivity contribution in [3.05, 3.63) is 56.3 Å². The molecule has 3 atom stereocenters. The van der Waals surface area contributed by atoms with Crippen LogP contribution in [0.2, 0.25) is 0 Å². The second-order valence-corrected chi connectivity index (χ2v) is 8.69. The predicted molar refractivity (Wildman–Crippen MR) is 104 cm³/mol. The largest absolute Gasteiger partial charge is 0.393 e. The number of thiophene rings is 1. The molecular weight excluding hydrogens is 362 g/mol. The molecule has 1 saturated heterocycles. The van der Waals surface area contributed by atoms with E-state index in [1.165, 1.54) is 22.5 Å². The Hall–Kier alpha value is -1.73. The number of ether oxygens (including phenoxy) is 2. The van der Waals surface area contributed by atoms with Gasteiger partial charge in [-0.1, -0.05) is 6.07 Å². The van der Waals surface area contributed by atoms with E-state index in [-0.39, 0.29) is 12.0 Å². The maximum atomic E-state index is 11.8. The summed E-state index contributed by atoms with van der Waals surface area (Å²) in [5.74, 6) is -0.889. The number of carbonyl (C=O) groups excluding carboxylic acids is 1. The lowest BCUT2D eigenvalue weighted by molar-refractivity contribution is -0.295. The van der Waals surface area contributed by atoms with Gasteiger partial charge in [-0.15, -0.1) is 11.3 Å². The molecule has 1 fully saturated rings. The molecule has 1 amide bonds. The zero-order valence-electron chi connectivity index (χ0n) is 15.9. The third kappa shape index (κ3) is 3.43. The molecule has 6 heteroatoms. The quantitative estimate of drug-likeness (QED) is 0.848. The number of nitrogens with one attached hydrogen (secondary N) is 1. The van der Waals surface area contributed by atoms with Crippen molar-refractivity contribution in [2.75, 3.05) is 7.05 Å². The molecule has 1 spiro atoms. The molecule has 3 heterocycles. The smallest absolute Gasteiger partial charge is 0.261 e. The van der Waals surface area contributed by atoms with Crippen molar-refractivity contribution in [1.29, 1.82) is 0 Å². The van der Waals surface area contributed by atoms with Gasteiger partial charge in [0.2, 0.25) is 0 Å². The van der Waals surface area contributed by atoms with Crippen LogP contribution in [0.4, 0.5) is 0 Å². The van der Waals surface area contributed by atoms with Crippen LogP contribution in [0.5, 0.6) is 0 Å². The first-order valence-corrected chi connectivity index (χ1v) is 10.2. The fourth-order valence-corrected chi connectivity index (χ4v) is 5.10. The van der Waals surface area contributed by atoms with Crippen LogP contribution in [0.15, 0.2) is 24.3 Å². The Kier molecular flexibility index (Phi) is 4.84. The summed E-state index contributed by atoms with van der Waals surface area (Å²) in [4.78, 5) is 13.7. The summed E-state index contributed by atoms with van der Waals surface area (Å²) in [5.41, 5.74) is 4.57. The van der Waals surface area contributed by atoms with Crippen molar-refractivity contribution >= 4 is 17.2 Å². The molecule has 1 aromatic heterocycles. The van der Waals surface area contributed by atoms with Crippen molar-refractivity contribution in [3.8, 4) is 0 Å². The maximum absolute atomic E-state index is 11.8. The van der Waals surface area contributed by atoms with Crippen molar-refractivity contribution < 1.29 is 19.4 Å².